The molecule has 0 aromatic carbocycles. The van der Waals surface area contributed by atoms with Gasteiger partial charge in [-0.1, -0.05) is 219 Å². The first kappa shape index (κ1) is 84.9. The molecular formula is C68H125O24P. The largest absolute Gasteiger partial charge is 0.472 e. The number of carbonyl (C=O) groups is 3. The van der Waals surface area contributed by atoms with Gasteiger partial charge in [0, 0.05) is 19.3 Å². The Labute approximate surface area is 554 Å². The van der Waals surface area contributed by atoms with Crippen LogP contribution in [0, 0.1) is 0 Å². The van der Waals surface area contributed by atoms with Gasteiger partial charge in [-0.15, -0.1) is 0 Å². The summed E-state index contributed by atoms with van der Waals surface area (Å²) in [5.41, 5.74) is 0. The molecule has 25 heteroatoms. The van der Waals surface area contributed by atoms with E-state index in [0.29, 0.717) is 19.3 Å². The Kier molecular flexibility index (Phi) is 46.5. The number of phosphoric acid groups is 1. The number of phosphoric ester groups is 1. The monoisotopic (exact) mass is 1360 g/mol. The first-order chi connectivity index (χ1) is 44.8. The number of unbranched alkanes of at least 4 members (excludes halogenated alkanes) is 32. The van der Waals surface area contributed by atoms with E-state index >= 15 is 0 Å². The minimum absolute atomic E-state index is 0.0247. The van der Waals surface area contributed by atoms with E-state index < -0.39 is 156 Å². The van der Waals surface area contributed by atoms with Crippen LogP contribution in [0.25, 0.3) is 0 Å². The molecule has 1 saturated carbocycles. The number of esters is 3. The number of allylic oxidation sites excluding steroid dienone is 2. The third-order valence-electron chi connectivity index (χ3n) is 17.8. The minimum atomic E-state index is -5.69. The highest BCUT2D eigenvalue weighted by Crippen LogP contribution is 2.49. The molecule has 2 saturated heterocycles. The first-order valence-electron chi connectivity index (χ1n) is 36.0. The molecule has 3 fully saturated rings. The molecule has 1 aliphatic carbocycles. The molecule has 24 nitrogen and oxygen atoms in total. The zero-order chi connectivity index (χ0) is 68.2. The molecule has 18 unspecified atom stereocenters. The third-order valence-corrected chi connectivity index (χ3v) is 18.8. The van der Waals surface area contributed by atoms with E-state index in [1.54, 1.807) is 0 Å². The average Bonchev–Trinajstić information content (AvgIpc) is 0.782. The van der Waals surface area contributed by atoms with Gasteiger partial charge in [-0.05, 0) is 44.9 Å². The Balaban J connectivity index is 1.75. The molecular weight excluding hydrogens is 1230 g/mol. The van der Waals surface area contributed by atoms with Crippen LogP contribution < -0.4 is 0 Å². The Morgan fingerprint density at radius 3 is 1.17 bits per heavy atom. The molecule has 93 heavy (non-hydrogen) atoms. The molecule has 0 radical (unpaired) electrons. The van der Waals surface area contributed by atoms with E-state index in [9.17, 15) is 74.9 Å². The van der Waals surface area contributed by atoms with Crippen molar-refractivity contribution in [3.05, 3.63) is 12.2 Å². The smallest absolute Gasteiger partial charge is 0.463 e. The molecule has 0 amide bonds. The molecule has 0 aromatic rings. The van der Waals surface area contributed by atoms with Crippen molar-refractivity contribution in [2.45, 2.75) is 375 Å². The van der Waals surface area contributed by atoms with Gasteiger partial charge in [0.1, 0.15) is 98.7 Å². The highest BCUT2D eigenvalue weighted by molar-refractivity contribution is 7.47. The fourth-order valence-electron chi connectivity index (χ4n) is 11.9. The number of ether oxygens (including phenoxy) is 7. The lowest BCUT2D eigenvalue weighted by Gasteiger charge is -2.49. The zero-order valence-corrected chi connectivity index (χ0v) is 57.4. The van der Waals surface area contributed by atoms with Crippen molar-refractivity contribution < 1.29 is 117 Å². The Morgan fingerprint density at radius 1 is 0.409 bits per heavy atom. The molecule has 2 aliphatic heterocycles. The van der Waals surface area contributed by atoms with Crippen molar-refractivity contribution in [2.75, 3.05) is 26.4 Å². The lowest BCUT2D eigenvalue weighted by Crippen LogP contribution is -2.69. The summed E-state index contributed by atoms with van der Waals surface area (Å²) >= 11 is 0. The van der Waals surface area contributed by atoms with Crippen molar-refractivity contribution in [3.63, 3.8) is 0 Å². The molecule has 0 aromatic heterocycles. The van der Waals surface area contributed by atoms with Crippen molar-refractivity contribution in [1.29, 1.82) is 0 Å². The highest BCUT2D eigenvalue weighted by Gasteiger charge is 2.58. The van der Waals surface area contributed by atoms with Gasteiger partial charge in [-0.3, -0.25) is 23.4 Å². The van der Waals surface area contributed by atoms with Crippen LogP contribution in [0.4, 0.5) is 0 Å². The Morgan fingerprint density at radius 2 is 0.753 bits per heavy atom. The number of aliphatic hydroxyl groups is 10. The maximum Gasteiger partial charge on any atom is 0.472 e. The van der Waals surface area contributed by atoms with Crippen LogP contribution in [0.2, 0.25) is 0 Å². The molecule has 546 valence electrons. The lowest BCUT2D eigenvalue weighted by molar-refractivity contribution is -0.360. The topological polar surface area (TPSA) is 374 Å². The molecule has 11 N–H and O–H groups in total. The molecule has 0 bridgehead atoms. The van der Waals surface area contributed by atoms with Crippen molar-refractivity contribution >= 4 is 25.7 Å². The van der Waals surface area contributed by atoms with Gasteiger partial charge >= 0.3 is 25.7 Å². The standard InChI is InChI=1S/C68H125O24P/c1-4-7-10-13-16-19-22-24-25-26-29-31-34-37-40-43-53(71)85-48-51-56(74)58(76)63(81)68(89-51)91-65-61(79)59(77)60(78)64(90-67-62(80)57(75)55(73)50(45-69)88-67)66(65)92-93(82,83)86-47-49(87-54(72)44-41-38-35-32-27-21-18-15-12-9-6-3)46-84-52(70)42-39-36-33-30-28-23-20-17-14-11-8-5-2/h19,22,49-51,55-69,73-81H,4-18,20-21,23-48H2,1-3H3,(H,82,83)/b22-19-. The summed E-state index contributed by atoms with van der Waals surface area (Å²) in [5.74, 6) is -1.99. The van der Waals surface area contributed by atoms with E-state index in [1.165, 1.54) is 96.3 Å². The summed E-state index contributed by atoms with van der Waals surface area (Å²) in [6, 6.07) is 0. The summed E-state index contributed by atoms with van der Waals surface area (Å²) in [7, 11) is -5.69. The summed E-state index contributed by atoms with van der Waals surface area (Å²) in [6.07, 6.45) is 7.36. The van der Waals surface area contributed by atoms with E-state index in [4.69, 9.17) is 42.2 Å². The van der Waals surface area contributed by atoms with E-state index in [-0.39, 0.29) is 19.3 Å². The molecule has 2 heterocycles. The van der Waals surface area contributed by atoms with E-state index in [2.05, 4.69) is 32.9 Å². The number of hydrogen-bond donors (Lipinski definition) is 11. The maximum absolute atomic E-state index is 14.3. The van der Waals surface area contributed by atoms with Gasteiger partial charge in [0.15, 0.2) is 18.7 Å². The quantitative estimate of drug-likeness (QED) is 0.00890. The van der Waals surface area contributed by atoms with Gasteiger partial charge in [0.2, 0.25) is 0 Å². The molecule has 3 rings (SSSR count). The van der Waals surface area contributed by atoms with Gasteiger partial charge in [0.25, 0.3) is 0 Å². The third kappa shape index (κ3) is 34.9. The van der Waals surface area contributed by atoms with E-state index in [0.717, 1.165) is 116 Å². The van der Waals surface area contributed by atoms with Crippen molar-refractivity contribution in [1.82, 2.24) is 0 Å². The zero-order valence-electron chi connectivity index (χ0n) is 56.5. The second-order valence-electron chi connectivity index (χ2n) is 26.0. The van der Waals surface area contributed by atoms with Gasteiger partial charge < -0.3 is 89.1 Å². The maximum atomic E-state index is 14.3. The van der Waals surface area contributed by atoms with Crippen LogP contribution in [0.3, 0.4) is 0 Å². The van der Waals surface area contributed by atoms with Gasteiger partial charge in [0.05, 0.1) is 13.2 Å². The van der Waals surface area contributed by atoms with Crippen molar-refractivity contribution in [2.24, 2.45) is 0 Å². The van der Waals surface area contributed by atoms with Gasteiger partial charge in [-0.2, -0.15) is 0 Å². The fraction of sp³-hybridized carbons (Fsp3) is 0.926. The van der Waals surface area contributed by atoms with Crippen LogP contribution in [0.5, 0.6) is 0 Å². The second-order valence-corrected chi connectivity index (χ2v) is 27.4. The van der Waals surface area contributed by atoms with Crippen molar-refractivity contribution in [3.8, 4) is 0 Å². The first-order valence-corrected chi connectivity index (χ1v) is 37.5. The summed E-state index contributed by atoms with van der Waals surface area (Å²) in [6.45, 7) is 3.40. The summed E-state index contributed by atoms with van der Waals surface area (Å²) < 4.78 is 64.8. The second kappa shape index (κ2) is 50.9. The van der Waals surface area contributed by atoms with E-state index in [1.807, 2.05) is 0 Å². The average molecular weight is 1360 g/mol. The summed E-state index contributed by atoms with van der Waals surface area (Å²) in [4.78, 5) is 50.8. The normalized spacial score (nSPS) is 28.5. The van der Waals surface area contributed by atoms with Crippen LogP contribution in [0.1, 0.15) is 271 Å². The van der Waals surface area contributed by atoms with Crippen LogP contribution in [-0.2, 0) is 61.2 Å². The predicted octanol–water partition coefficient (Wildman–Crippen LogP) is 8.79. The minimum Gasteiger partial charge on any atom is -0.463 e. The number of aliphatic hydroxyl groups excluding tert-OH is 10. The van der Waals surface area contributed by atoms with Crippen LogP contribution in [-0.4, -0.2) is 204 Å². The number of carbonyl (C=O) groups excluding carboxylic acids is 3. The number of rotatable bonds is 55. The molecule has 18 atom stereocenters. The number of hydrogen-bond acceptors (Lipinski definition) is 23. The van der Waals surface area contributed by atoms with Crippen LogP contribution in [0.15, 0.2) is 12.2 Å². The molecule has 3 aliphatic rings. The summed E-state index contributed by atoms with van der Waals surface area (Å²) in [5, 5.41) is 110. The van der Waals surface area contributed by atoms with Crippen LogP contribution >= 0.6 is 7.82 Å². The van der Waals surface area contributed by atoms with Gasteiger partial charge in [-0.25, -0.2) is 4.57 Å². The highest BCUT2D eigenvalue weighted by atomic mass is 31.2. The Bertz CT molecular complexity index is 1990. The Hall–Kier alpha value is -2.30. The fourth-order valence-corrected chi connectivity index (χ4v) is 12.8. The predicted molar refractivity (Wildman–Crippen MR) is 347 cm³/mol. The SMILES string of the molecule is CCCCCC/C=C\CCCCCCCCCC(=O)OCC1OC(OC2C(O)C(O)C(O)C(OC3OC(CO)C(O)C(O)C3O)C2OP(=O)(O)OCC(COC(=O)CCCCCCCCCCCCCC)OC(=O)CCCCCCCCCCCCC)C(O)C(O)C1O. The lowest BCUT2D eigenvalue weighted by atomic mass is 9.84. The molecule has 0 spiro atoms.